The van der Waals surface area contributed by atoms with Crippen LogP contribution in [-0.2, 0) is 16.0 Å². The van der Waals surface area contributed by atoms with Crippen LogP contribution in [0.2, 0.25) is 0 Å². The number of fused-ring (bicyclic) bond motifs is 3. The lowest BCUT2D eigenvalue weighted by Gasteiger charge is -2.27. The third-order valence-electron chi connectivity index (χ3n) is 5.55. The average molecular weight is 422 g/mol. The molecule has 1 aliphatic rings. The van der Waals surface area contributed by atoms with Crippen molar-refractivity contribution < 1.29 is 19.4 Å². The van der Waals surface area contributed by atoms with Crippen molar-refractivity contribution in [3.05, 3.63) is 82.0 Å². The SMILES string of the molecule is CCN(C(=O)OCC1c2ccccc2-c2ccccc21)[C@H](Cc1cccs1)C(=O)O. The van der Waals surface area contributed by atoms with Crippen LogP contribution in [0.25, 0.3) is 11.1 Å². The normalized spacial score (nSPS) is 13.4. The molecule has 5 nitrogen and oxygen atoms in total. The molecular formula is C24H23NO4S. The lowest BCUT2D eigenvalue weighted by Crippen LogP contribution is -2.46. The van der Waals surface area contributed by atoms with Crippen molar-refractivity contribution in [3.63, 3.8) is 0 Å². The summed E-state index contributed by atoms with van der Waals surface area (Å²) in [6, 6.07) is 19.1. The van der Waals surface area contributed by atoms with Crippen LogP contribution in [0.1, 0.15) is 28.8 Å². The monoisotopic (exact) mass is 421 g/mol. The van der Waals surface area contributed by atoms with Gasteiger partial charge in [-0.1, -0.05) is 54.6 Å². The van der Waals surface area contributed by atoms with Gasteiger partial charge >= 0.3 is 12.1 Å². The Kier molecular flexibility index (Phi) is 5.86. The zero-order valence-corrected chi connectivity index (χ0v) is 17.5. The van der Waals surface area contributed by atoms with E-state index in [1.165, 1.54) is 16.2 Å². The Morgan fingerprint density at radius 1 is 1.03 bits per heavy atom. The predicted octanol–water partition coefficient (Wildman–Crippen LogP) is 5.01. The molecule has 2 aromatic carbocycles. The summed E-state index contributed by atoms with van der Waals surface area (Å²) in [5.41, 5.74) is 4.57. The molecule has 0 bridgehead atoms. The molecule has 1 heterocycles. The van der Waals surface area contributed by atoms with Crippen molar-refractivity contribution in [2.24, 2.45) is 0 Å². The molecule has 0 saturated carbocycles. The number of ether oxygens (including phenoxy) is 1. The highest BCUT2D eigenvalue weighted by molar-refractivity contribution is 7.09. The second kappa shape index (κ2) is 8.71. The first-order chi connectivity index (χ1) is 14.6. The molecule has 0 unspecified atom stereocenters. The van der Waals surface area contributed by atoms with Gasteiger partial charge in [0, 0.05) is 23.8 Å². The highest BCUT2D eigenvalue weighted by atomic mass is 32.1. The van der Waals surface area contributed by atoms with Crippen LogP contribution in [0.3, 0.4) is 0 Å². The van der Waals surface area contributed by atoms with Crippen LogP contribution < -0.4 is 0 Å². The molecule has 1 atom stereocenters. The number of hydrogen-bond donors (Lipinski definition) is 1. The fourth-order valence-electron chi connectivity index (χ4n) is 4.10. The number of amides is 1. The Balaban J connectivity index is 1.51. The Morgan fingerprint density at radius 2 is 1.67 bits per heavy atom. The van der Waals surface area contributed by atoms with Crippen LogP contribution in [0.4, 0.5) is 4.79 Å². The number of benzene rings is 2. The first-order valence-corrected chi connectivity index (χ1v) is 10.8. The van der Waals surface area contributed by atoms with E-state index in [1.54, 1.807) is 6.92 Å². The Bertz CT molecular complexity index is 1000. The highest BCUT2D eigenvalue weighted by Crippen LogP contribution is 2.44. The Morgan fingerprint density at radius 3 is 2.20 bits per heavy atom. The minimum absolute atomic E-state index is 0.0550. The molecule has 154 valence electrons. The maximum Gasteiger partial charge on any atom is 0.410 e. The van der Waals surface area contributed by atoms with E-state index in [-0.39, 0.29) is 25.5 Å². The zero-order valence-electron chi connectivity index (χ0n) is 16.7. The molecule has 0 saturated heterocycles. The third-order valence-corrected chi connectivity index (χ3v) is 6.45. The van der Waals surface area contributed by atoms with Gasteiger partial charge in [0.1, 0.15) is 12.6 Å². The van der Waals surface area contributed by atoms with Gasteiger partial charge in [0.2, 0.25) is 0 Å². The average Bonchev–Trinajstić information content (AvgIpc) is 3.38. The molecule has 0 radical (unpaired) electrons. The lowest BCUT2D eigenvalue weighted by atomic mass is 9.98. The van der Waals surface area contributed by atoms with E-state index in [0.717, 1.165) is 27.1 Å². The van der Waals surface area contributed by atoms with Gasteiger partial charge in [-0.25, -0.2) is 9.59 Å². The van der Waals surface area contributed by atoms with Crippen molar-refractivity contribution in [1.29, 1.82) is 0 Å². The number of rotatable bonds is 7. The number of carbonyl (C=O) groups excluding carboxylic acids is 1. The van der Waals surface area contributed by atoms with Crippen molar-refractivity contribution >= 4 is 23.4 Å². The van der Waals surface area contributed by atoms with Crippen molar-refractivity contribution in [2.75, 3.05) is 13.2 Å². The molecular weight excluding hydrogens is 398 g/mol. The van der Waals surface area contributed by atoms with Gasteiger partial charge in [0.05, 0.1) is 0 Å². The van der Waals surface area contributed by atoms with Gasteiger partial charge in [0.15, 0.2) is 0 Å². The molecule has 1 N–H and O–H groups in total. The van der Waals surface area contributed by atoms with Crippen LogP contribution in [0.5, 0.6) is 0 Å². The van der Waals surface area contributed by atoms with E-state index in [0.29, 0.717) is 0 Å². The number of likely N-dealkylation sites (N-methyl/N-ethyl adjacent to an activating group) is 1. The molecule has 6 heteroatoms. The summed E-state index contributed by atoms with van der Waals surface area (Å²) in [4.78, 5) is 27.0. The van der Waals surface area contributed by atoms with E-state index in [9.17, 15) is 14.7 Å². The first-order valence-electron chi connectivity index (χ1n) is 9.97. The maximum absolute atomic E-state index is 12.9. The molecule has 1 aromatic heterocycles. The summed E-state index contributed by atoms with van der Waals surface area (Å²) in [7, 11) is 0. The van der Waals surface area contributed by atoms with Crippen molar-refractivity contribution in [2.45, 2.75) is 25.3 Å². The van der Waals surface area contributed by atoms with E-state index >= 15 is 0 Å². The van der Waals surface area contributed by atoms with E-state index < -0.39 is 18.1 Å². The quantitative estimate of drug-likeness (QED) is 0.582. The molecule has 0 fully saturated rings. The summed E-state index contributed by atoms with van der Waals surface area (Å²) in [5, 5.41) is 11.6. The summed E-state index contributed by atoms with van der Waals surface area (Å²) in [6.07, 6.45) is -0.325. The van der Waals surface area contributed by atoms with Gasteiger partial charge in [-0.3, -0.25) is 4.90 Å². The van der Waals surface area contributed by atoms with E-state index in [2.05, 4.69) is 24.3 Å². The number of nitrogens with zero attached hydrogens (tertiary/aromatic N) is 1. The standard InChI is InChI=1S/C24H23NO4S/c1-2-25(22(23(26)27)14-16-8-7-13-30-16)24(28)29-15-21-19-11-5-3-9-17(19)18-10-4-6-12-20(18)21/h3-13,21-22H,2,14-15H2,1H3,(H,26,27)/t22-/m1/s1. The van der Waals surface area contributed by atoms with Gasteiger partial charge in [0.25, 0.3) is 0 Å². The van der Waals surface area contributed by atoms with Gasteiger partial charge in [-0.2, -0.15) is 0 Å². The smallest absolute Gasteiger partial charge is 0.410 e. The lowest BCUT2D eigenvalue weighted by molar-refractivity contribution is -0.142. The fraction of sp³-hybridized carbons (Fsp3) is 0.250. The van der Waals surface area contributed by atoms with E-state index in [4.69, 9.17) is 4.74 Å². The summed E-state index contributed by atoms with van der Waals surface area (Å²) in [6.45, 7) is 2.21. The minimum Gasteiger partial charge on any atom is -0.480 e. The molecule has 0 spiro atoms. The topological polar surface area (TPSA) is 66.8 Å². The predicted molar refractivity (Wildman–Crippen MR) is 117 cm³/mol. The zero-order chi connectivity index (χ0) is 21.1. The Labute approximate surface area is 179 Å². The van der Waals surface area contributed by atoms with Crippen LogP contribution in [0, 0.1) is 0 Å². The molecule has 0 aliphatic heterocycles. The molecule has 1 aliphatic carbocycles. The minimum atomic E-state index is -1.03. The molecule has 4 rings (SSSR count). The second-order valence-corrected chi connectivity index (χ2v) is 8.26. The van der Waals surface area contributed by atoms with Gasteiger partial charge < -0.3 is 9.84 Å². The number of aliphatic carboxylic acids is 1. The third kappa shape index (κ3) is 3.83. The van der Waals surface area contributed by atoms with E-state index in [1.807, 2.05) is 41.8 Å². The molecule has 1 amide bonds. The van der Waals surface area contributed by atoms with Crippen LogP contribution >= 0.6 is 11.3 Å². The summed E-state index contributed by atoms with van der Waals surface area (Å²) in [5.74, 6) is -1.08. The number of carboxylic acids is 1. The largest absolute Gasteiger partial charge is 0.480 e. The van der Waals surface area contributed by atoms with Crippen molar-refractivity contribution in [3.8, 4) is 11.1 Å². The molecule has 30 heavy (non-hydrogen) atoms. The molecule has 3 aromatic rings. The number of hydrogen-bond acceptors (Lipinski definition) is 4. The van der Waals surface area contributed by atoms with Gasteiger partial charge in [-0.15, -0.1) is 11.3 Å². The highest BCUT2D eigenvalue weighted by Gasteiger charge is 2.33. The fourth-order valence-corrected chi connectivity index (χ4v) is 4.85. The van der Waals surface area contributed by atoms with Crippen LogP contribution in [0.15, 0.2) is 66.0 Å². The van der Waals surface area contributed by atoms with Gasteiger partial charge in [-0.05, 0) is 40.6 Å². The summed E-state index contributed by atoms with van der Waals surface area (Å²) >= 11 is 1.48. The number of carboxylic acid groups (broad SMARTS) is 1. The maximum atomic E-state index is 12.9. The number of carbonyl (C=O) groups is 2. The summed E-state index contributed by atoms with van der Waals surface area (Å²) < 4.78 is 5.67. The first kappa shape index (κ1) is 20.2. The number of thiophene rings is 1. The second-order valence-electron chi connectivity index (χ2n) is 7.23. The Hall–Kier alpha value is -3.12. The van der Waals surface area contributed by atoms with Crippen molar-refractivity contribution in [1.82, 2.24) is 4.90 Å². The van der Waals surface area contributed by atoms with Crippen LogP contribution in [-0.4, -0.2) is 41.3 Å².